The third kappa shape index (κ3) is 7.51. The third-order valence-corrected chi connectivity index (χ3v) is 2.89. The Morgan fingerprint density at radius 2 is 1.57 bits per heavy atom. The fourth-order valence-electron chi connectivity index (χ4n) is 1.69. The second-order valence-corrected chi connectivity index (χ2v) is 4.90. The summed E-state index contributed by atoms with van der Waals surface area (Å²) in [6, 6.07) is 7.03. The molecule has 0 unspecified atom stereocenters. The van der Waals surface area contributed by atoms with Gasteiger partial charge in [0, 0.05) is 19.3 Å². The molecular formula is C17H24O4. The van der Waals surface area contributed by atoms with Crippen LogP contribution in [0.15, 0.2) is 36.4 Å². The van der Waals surface area contributed by atoms with Crippen molar-refractivity contribution in [2.75, 3.05) is 20.3 Å². The second kappa shape index (κ2) is 10.00. The van der Waals surface area contributed by atoms with E-state index in [9.17, 15) is 4.79 Å². The van der Waals surface area contributed by atoms with E-state index in [-0.39, 0.29) is 0 Å². The average molecular weight is 292 g/mol. The maximum absolute atomic E-state index is 11.4. The van der Waals surface area contributed by atoms with Crippen LogP contribution in [0.25, 0.3) is 0 Å². The van der Waals surface area contributed by atoms with Gasteiger partial charge in [-0.1, -0.05) is 13.0 Å². The number of methoxy groups -OCH3 is 1. The molecule has 0 aliphatic carbocycles. The largest absolute Gasteiger partial charge is 0.494 e. The molecule has 0 bridgehead atoms. The molecule has 1 aromatic rings. The van der Waals surface area contributed by atoms with Gasteiger partial charge >= 0.3 is 5.97 Å². The Hall–Kier alpha value is -1.81. The molecule has 4 nitrogen and oxygen atoms in total. The molecular weight excluding hydrogens is 268 g/mol. The van der Waals surface area contributed by atoms with Gasteiger partial charge in [0.2, 0.25) is 0 Å². The van der Waals surface area contributed by atoms with Crippen LogP contribution < -0.4 is 9.47 Å². The summed E-state index contributed by atoms with van der Waals surface area (Å²) >= 11 is 0. The Bertz CT molecular complexity index is 437. The topological polar surface area (TPSA) is 44.8 Å². The van der Waals surface area contributed by atoms with Gasteiger partial charge in [-0.3, -0.25) is 0 Å². The monoisotopic (exact) mass is 292 g/mol. The van der Waals surface area contributed by atoms with Crippen LogP contribution in [-0.2, 0) is 9.53 Å². The fourth-order valence-corrected chi connectivity index (χ4v) is 1.69. The Morgan fingerprint density at radius 1 is 1.00 bits per heavy atom. The predicted molar refractivity (Wildman–Crippen MR) is 82.7 cm³/mol. The van der Waals surface area contributed by atoms with E-state index >= 15 is 0 Å². The zero-order valence-electron chi connectivity index (χ0n) is 12.9. The number of hydrogen-bond acceptors (Lipinski definition) is 4. The van der Waals surface area contributed by atoms with Gasteiger partial charge in [0.15, 0.2) is 0 Å². The van der Waals surface area contributed by atoms with E-state index in [1.165, 1.54) is 0 Å². The summed E-state index contributed by atoms with van der Waals surface area (Å²) < 4.78 is 15.7. The molecule has 0 heterocycles. The highest BCUT2D eigenvalue weighted by Gasteiger charge is 2.05. The molecule has 0 atom stereocenters. The molecule has 4 heteroatoms. The maximum Gasteiger partial charge on any atom is 0.338 e. The first-order chi connectivity index (χ1) is 10.1. The van der Waals surface area contributed by atoms with Crippen molar-refractivity contribution in [1.82, 2.24) is 0 Å². The van der Waals surface area contributed by atoms with Gasteiger partial charge in [-0.25, -0.2) is 4.79 Å². The Balaban J connectivity index is 2.22. The number of ether oxygens (including phenoxy) is 3. The smallest absolute Gasteiger partial charge is 0.338 e. The van der Waals surface area contributed by atoms with Gasteiger partial charge in [0.05, 0.1) is 6.61 Å². The zero-order valence-corrected chi connectivity index (χ0v) is 12.9. The molecule has 0 saturated heterocycles. The van der Waals surface area contributed by atoms with E-state index in [2.05, 4.69) is 6.58 Å². The van der Waals surface area contributed by atoms with Crippen molar-refractivity contribution >= 4 is 5.97 Å². The van der Waals surface area contributed by atoms with Crippen LogP contribution in [0.1, 0.15) is 32.6 Å². The molecule has 0 aromatic heterocycles. The maximum atomic E-state index is 11.4. The van der Waals surface area contributed by atoms with E-state index in [1.807, 2.05) is 0 Å². The summed E-state index contributed by atoms with van der Waals surface area (Å²) in [6.45, 7) is 6.67. The molecule has 0 fully saturated rings. The third-order valence-electron chi connectivity index (χ3n) is 2.89. The molecule has 0 radical (unpaired) electrons. The number of unbranched alkanes of at least 4 members (excludes halogenated alkanes) is 3. The van der Waals surface area contributed by atoms with Crippen LogP contribution in [0.4, 0.5) is 0 Å². The molecule has 1 aromatic carbocycles. The highest BCUT2D eigenvalue weighted by Crippen LogP contribution is 2.18. The minimum Gasteiger partial charge on any atom is -0.494 e. The first-order valence-electron chi connectivity index (χ1n) is 7.23. The lowest BCUT2D eigenvalue weighted by atomic mass is 10.2. The standard InChI is InChI=1S/C17H24O4/c1-14(2)17(18)21-16-10-8-15(9-11-16)20-13-7-5-4-6-12-19-3/h8-11H,1,4-7,12-13H2,2-3H3. The molecule has 116 valence electrons. The fraction of sp³-hybridized carbons (Fsp3) is 0.471. The average Bonchev–Trinajstić information content (AvgIpc) is 2.48. The zero-order chi connectivity index (χ0) is 15.5. The molecule has 0 spiro atoms. The van der Waals surface area contributed by atoms with Crippen molar-refractivity contribution in [1.29, 1.82) is 0 Å². The molecule has 21 heavy (non-hydrogen) atoms. The molecule has 0 saturated carbocycles. The van der Waals surface area contributed by atoms with Crippen LogP contribution in [0.5, 0.6) is 11.5 Å². The lowest BCUT2D eigenvalue weighted by Crippen LogP contribution is -2.08. The van der Waals surface area contributed by atoms with Gasteiger partial charge in [-0.15, -0.1) is 0 Å². The van der Waals surface area contributed by atoms with E-state index in [4.69, 9.17) is 14.2 Å². The van der Waals surface area contributed by atoms with Crippen LogP contribution in [0.3, 0.4) is 0 Å². The molecule has 1 rings (SSSR count). The normalized spacial score (nSPS) is 10.2. The van der Waals surface area contributed by atoms with Crippen LogP contribution in [0.2, 0.25) is 0 Å². The number of rotatable bonds is 10. The quantitative estimate of drug-likeness (QED) is 0.285. The van der Waals surface area contributed by atoms with E-state index < -0.39 is 5.97 Å². The van der Waals surface area contributed by atoms with Crippen LogP contribution in [-0.4, -0.2) is 26.3 Å². The molecule has 0 amide bonds. The first-order valence-corrected chi connectivity index (χ1v) is 7.23. The summed E-state index contributed by atoms with van der Waals surface area (Å²) in [5.74, 6) is 0.858. The van der Waals surface area contributed by atoms with Crippen LogP contribution >= 0.6 is 0 Å². The van der Waals surface area contributed by atoms with Gasteiger partial charge < -0.3 is 14.2 Å². The Morgan fingerprint density at radius 3 is 2.14 bits per heavy atom. The minimum atomic E-state index is -0.417. The van der Waals surface area contributed by atoms with Crippen molar-refractivity contribution < 1.29 is 19.0 Å². The second-order valence-electron chi connectivity index (χ2n) is 4.90. The van der Waals surface area contributed by atoms with Crippen molar-refractivity contribution in [2.24, 2.45) is 0 Å². The number of hydrogen-bond donors (Lipinski definition) is 0. The van der Waals surface area contributed by atoms with Gasteiger partial charge in [0.1, 0.15) is 11.5 Å². The van der Waals surface area contributed by atoms with Gasteiger partial charge in [-0.2, -0.15) is 0 Å². The minimum absolute atomic E-state index is 0.379. The lowest BCUT2D eigenvalue weighted by molar-refractivity contribution is -0.130. The van der Waals surface area contributed by atoms with Crippen molar-refractivity contribution in [2.45, 2.75) is 32.6 Å². The van der Waals surface area contributed by atoms with Gasteiger partial charge in [-0.05, 0) is 50.5 Å². The van der Waals surface area contributed by atoms with E-state index in [1.54, 1.807) is 38.3 Å². The van der Waals surface area contributed by atoms with E-state index in [0.29, 0.717) is 17.9 Å². The van der Waals surface area contributed by atoms with Crippen molar-refractivity contribution in [3.05, 3.63) is 36.4 Å². The summed E-state index contributed by atoms with van der Waals surface area (Å²) in [6.07, 6.45) is 4.42. The lowest BCUT2D eigenvalue weighted by Gasteiger charge is -2.08. The highest BCUT2D eigenvalue weighted by molar-refractivity contribution is 5.88. The molecule has 0 aliphatic heterocycles. The molecule has 0 aliphatic rings. The first kappa shape index (κ1) is 17.2. The van der Waals surface area contributed by atoms with E-state index in [0.717, 1.165) is 38.0 Å². The number of benzene rings is 1. The summed E-state index contributed by atoms with van der Waals surface area (Å²) in [5, 5.41) is 0. The SMILES string of the molecule is C=C(C)C(=O)Oc1ccc(OCCCCCCOC)cc1. The van der Waals surface area contributed by atoms with Crippen molar-refractivity contribution in [3.8, 4) is 11.5 Å². The summed E-state index contributed by atoms with van der Waals surface area (Å²) in [5.41, 5.74) is 0.379. The van der Waals surface area contributed by atoms with Gasteiger partial charge in [0.25, 0.3) is 0 Å². The predicted octanol–water partition coefficient (Wildman–Crippen LogP) is 3.75. The summed E-state index contributed by atoms with van der Waals surface area (Å²) in [4.78, 5) is 11.4. The number of carbonyl (C=O) groups excluding carboxylic acids is 1. The number of carbonyl (C=O) groups is 1. The van der Waals surface area contributed by atoms with Crippen molar-refractivity contribution in [3.63, 3.8) is 0 Å². The number of esters is 1. The summed E-state index contributed by atoms with van der Waals surface area (Å²) in [7, 11) is 1.72. The van der Waals surface area contributed by atoms with Crippen LogP contribution in [0, 0.1) is 0 Å². The Labute approximate surface area is 126 Å². The molecule has 0 N–H and O–H groups in total. The Kier molecular flexibility index (Phi) is 8.21. The highest BCUT2D eigenvalue weighted by atomic mass is 16.5.